The van der Waals surface area contributed by atoms with E-state index < -0.39 is 0 Å². The van der Waals surface area contributed by atoms with Gasteiger partial charge in [-0.05, 0) is 48.7 Å². The third-order valence-electron chi connectivity index (χ3n) is 7.03. The van der Waals surface area contributed by atoms with Crippen molar-refractivity contribution < 1.29 is 9.53 Å². The molecule has 8 nitrogen and oxygen atoms in total. The van der Waals surface area contributed by atoms with Gasteiger partial charge in [0.25, 0.3) is 0 Å². The van der Waals surface area contributed by atoms with E-state index in [4.69, 9.17) is 14.8 Å². The van der Waals surface area contributed by atoms with Crippen molar-refractivity contribution in [2.75, 3.05) is 10.6 Å². The summed E-state index contributed by atoms with van der Waals surface area (Å²) >= 11 is 0. The predicted molar refractivity (Wildman–Crippen MR) is 171 cm³/mol. The molecule has 3 heterocycles. The molecule has 0 fully saturated rings. The van der Waals surface area contributed by atoms with E-state index in [0.717, 1.165) is 39.0 Å². The van der Waals surface area contributed by atoms with Crippen molar-refractivity contribution in [2.24, 2.45) is 0 Å². The Labute approximate surface area is 250 Å². The van der Waals surface area contributed by atoms with E-state index in [-0.39, 0.29) is 11.4 Å². The lowest BCUT2D eigenvalue weighted by Gasteiger charge is -2.14. The largest absolute Gasteiger partial charge is 0.437 e. The average Bonchev–Trinajstić information content (AvgIpc) is 3.43. The Morgan fingerprint density at radius 3 is 2.37 bits per heavy atom. The molecule has 214 valence electrons. The number of fused-ring (bicyclic) bond motifs is 1. The van der Waals surface area contributed by atoms with Crippen molar-refractivity contribution in [3.8, 4) is 28.6 Å². The number of aromatic nitrogens is 4. The van der Waals surface area contributed by atoms with Crippen molar-refractivity contribution in [1.82, 2.24) is 19.7 Å². The van der Waals surface area contributed by atoms with Gasteiger partial charge in [0.2, 0.25) is 5.88 Å². The molecule has 0 atom stereocenters. The van der Waals surface area contributed by atoms with Crippen molar-refractivity contribution in [3.63, 3.8) is 0 Å². The summed E-state index contributed by atoms with van der Waals surface area (Å²) < 4.78 is 7.68. The predicted octanol–water partition coefficient (Wildman–Crippen LogP) is 8.52. The molecule has 0 bridgehead atoms. The highest BCUT2D eigenvalue weighted by molar-refractivity contribution is 6.09. The van der Waals surface area contributed by atoms with Gasteiger partial charge in [0.1, 0.15) is 11.6 Å². The molecule has 43 heavy (non-hydrogen) atoms. The fraction of sp³-hybridized carbons (Fsp3) is 0.143. The minimum Gasteiger partial charge on any atom is -0.437 e. The Kier molecular flexibility index (Phi) is 7.34. The van der Waals surface area contributed by atoms with Gasteiger partial charge in [-0.25, -0.2) is 14.5 Å². The van der Waals surface area contributed by atoms with Crippen LogP contribution in [0.15, 0.2) is 109 Å². The maximum Gasteiger partial charge on any atom is 0.324 e. The molecule has 0 radical (unpaired) electrons. The molecule has 0 aliphatic carbocycles. The van der Waals surface area contributed by atoms with Crippen LogP contribution in [0.2, 0.25) is 0 Å². The monoisotopic (exact) mass is 568 g/mol. The second kappa shape index (κ2) is 11.4. The molecule has 0 aliphatic heterocycles. The third-order valence-corrected chi connectivity index (χ3v) is 7.03. The van der Waals surface area contributed by atoms with Gasteiger partial charge < -0.3 is 10.1 Å². The Balaban J connectivity index is 1.29. The first-order valence-corrected chi connectivity index (χ1v) is 14.1. The van der Waals surface area contributed by atoms with Crippen LogP contribution in [0.3, 0.4) is 0 Å². The highest BCUT2D eigenvalue weighted by atomic mass is 16.5. The number of hydrogen-bond donors (Lipinski definition) is 2. The first-order valence-electron chi connectivity index (χ1n) is 14.1. The highest BCUT2D eigenvalue weighted by Crippen LogP contribution is 2.34. The van der Waals surface area contributed by atoms with E-state index in [1.54, 1.807) is 17.1 Å². The molecule has 0 spiro atoms. The van der Waals surface area contributed by atoms with E-state index >= 15 is 0 Å². The van der Waals surface area contributed by atoms with Crippen molar-refractivity contribution in [1.29, 1.82) is 0 Å². The van der Waals surface area contributed by atoms with Gasteiger partial charge in [-0.2, -0.15) is 5.10 Å². The van der Waals surface area contributed by atoms with Gasteiger partial charge in [-0.1, -0.05) is 74.9 Å². The van der Waals surface area contributed by atoms with Crippen LogP contribution in [-0.2, 0) is 5.41 Å². The summed E-state index contributed by atoms with van der Waals surface area (Å²) in [6.45, 7) is 8.34. The summed E-state index contributed by atoms with van der Waals surface area (Å²) in [5.74, 6) is 1.67. The van der Waals surface area contributed by atoms with Crippen LogP contribution in [-0.4, -0.2) is 25.8 Å². The summed E-state index contributed by atoms with van der Waals surface area (Å²) in [5, 5.41) is 12.7. The number of benzene rings is 3. The van der Waals surface area contributed by atoms with Gasteiger partial charge in [0, 0.05) is 34.7 Å². The second-order valence-corrected chi connectivity index (χ2v) is 11.3. The Morgan fingerprint density at radius 2 is 1.63 bits per heavy atom. The van der Waals surface area contributed by atoms with Crippen molar-refractivity contribution in [3.05, 3.63) is 121 Å². The summed E-state index contributed by atoms with van der Waals surface area (Å²) in [6.07, 6.45) is 3.34. The molecule has 8 heteroatoms. The van der Waals surface area contributed by atoms with Gasteiger partial charge >= 0.3 is 6.03 Å². The van der Waals surface area contributed by atoms with Gasteiger partial charge in [0.15, 0.2) is 0 Å². The molecule has 6 aromatic rings. The van der Waals surface area contributed by atoms with Crippen molar-refractivity contribution >= 4 is 28.3 Å². The third kappa shape index (κ3) is 6.08. The van der Waals surface area contributed by atoms with Crippen LogP contribution in [0.1, 0.15) is 32.0 Å². The molecule has 0 unspecified atom stereocenters. The van der Waals surface area contributed by atoms with Crippen LogP contribution < -0.4 is 15.4 Å². The van der Waals surface area contributed by atoms with Gasteiger partial charge in [-0.3, -0.25) is 10.3 Å². The number of rotatable bonds is 6. The number of carbonyl (C=O) groups excluding carboxylic acids is 1. The molecule has 2 amide bonds. The number of anilines is 2. The zero-order valence-corrected chi connectivity index (χ0v) is 24.5. The molecule has 0 aliphatic rings. The summed E-state index contributed by atoms with van der Waals surface area (Å²) in [7, 11) is 0. The molecule has 0 saturated heterocycles. The maximum absolute atomic E-state index is 13.4. The Morgan fingerprint density at radius 1 is 0.837 bits per heavy atom. The number of nitrogens with one attached hydrogen (secondary N) is 2. The second-order valence-electron chi connectivity index (χ2n) is 11.3. The smallest absolute Gasteiger partial charge is 0.324 e. The first kappa shape index (κ1) is 27.7. The van der Waals surface area contributed by atoms with Crippen LogP contribution in [0.25, 0.3) is 27.7 Å². The molecule has 6 rings (SSSR count). The number of carbonyl (C=O) groups is 1. The van der Waals surface area contributed by atoms with E-state index in [0.29, 0.717) is 23.1 Å². The zero-order chi connectivity index (χ0) is 30.0. The fourth-order valence-electron chi connectivity index (χ4n) is 4.77. The normalized spacial score (nSPS) is 11.3. The summed E-state index contributed by atoms with van der Waals surface area (Å²) in [5.41, 5.74) is 5.06. The molecule has 0 saturated carbocycles. The maximum atomic E-state index is 13.4. The number of nitrogens with zero attached hydrogens (tertiary/aromatic N) is 4. The van der Waals surface area contributed by atoms with Crippen LogP contribution in [0.4, 0.5) is 16.3 Å². The van der Waals surface area contributed by atoms with E-state index in [1.807, 2.05) is 104 Å². The Hall–Kier alpha value is -5.50. The van der Waals surface area contributed by atoms with Crippen LogP contribution in [0, 0.1) is 6.92 Å². The number of ether oxygens (including phenoxy) is 1. The molecular weight excluding hydrogens is 536 g/mol. The minimum absolute atomic E-state index is 0.191. The van der Waals surface area contributed by atoms with Crippen LogP contribution in [0.5, 0.6) is 11.6 Å². The molecule has 2 N–H and O–H groups in total. The quantitative estimate of drug-likeness (QED) is 0.210. The summed E-state index contributed by atoms with van der Waals surface area (Å²) in [4.78, 5) is 22.2. The lowest BCUT2D eigenvalue weighted by Crippen LogP contribution is -2.21. The van der Waals surface area contributed by atoms with E-state index in [9.17, 15) is 4.79 Å². The van der Waals surface area contributed by atoms with E-state index in [2.05, 4.69) is 36.4 Å². The van der Waals surface area contributed by atoms with Crippen molar-refractivity contribution in [2.45, 2.75) is 33.1 Å². The highest BCUT2D eigenvalue weighted by Gasteiger charge is 2.22. The first-order chi connectivity index (χ1) is 20.7. The average molecular weight is 569 g/mol. The zero-order valence-electron chi connectivity index (χ0n) is 24.5. The lowest BCUT2D eigenvalue weighted by atomic mass is 9.92. The van der Waals surface area contributed by atoms with Gasteiger partial charge in [0.05, 0.1) is 29.0 Å². The SMILES string of the molecule is Cc1ccc(-n2nc(C(C)(C)C)cc2NC(=O)Nc2ccc(-c3cccc(Oc4cccnc4)n3)c3ccccc23)cc1. The van der Waals surface area contributed by atoms with Crippen LogP contribution >= 0.6 is 0 Å². The van der Waals surface area contributed by atoms with Gasteiger partial charge in [-0.15, -0.1) is 0 Å². The number of urea groups is 1. The van der Waals surface area contributed by atoms with E-state index in [1.165, 1.54) is 0 Å². The minimum atomic E-state index is -0.364. The molecule has 3 aromatic heterocycles. The number of pyridine rings is 2. The number of aryl methyl sites for hydroxylation is 1. The fourth-order valence-corrected chi connectivity index (χ4v) is 4.77. The number of hydrogen-bond acceptors (Lipinski definition) is 5. The topological polar surface area (TPSA) is 94.0 Å². The lowest BCUT2D eigenvalue weighted by molar-refractivity contribution is 0.262. The Bertz CT molecular complexity index is 1910. The molecule has 3 aromatic carbocycles. The standard InChI is InChI=1S/C35H32N6O2/c1-23-14-16-24(17-15-23)41-32(21-31(40-41)35(2,3)4)39-34(42)38-30-19-18-28(26-10-5-6-11-27(26)30)29-12-7-13-33(37-29)43-25-9-8-20-36-22-25/h5-22H,1-4H3,(H2,38,39,42). The molecular formula is C35H32N6O2. The summed E-state index contributed by atoms with van der Waals surface area (Å²) in [6, 6.07) is 30.7. The number of amides is 2.